The van der Waals surface area contributed by atoms with Crippen molar-refractivity contribution in [1.82, 2.24) is 24.6 Å². The van der Waals surface area contributed by atoms with Gasteiger partial charge in [0, 0.05) is 47.8 Å². The Morgan fingerprint density at radius 3 is 2.62 bits per heavy atom. The van der Waals surface area contributed by atoms with Gasteiger partial charge in [0.15, 0.2) is 0 Å². The fourth-order valence-electron chi connectivity index (χ4n) is 2.34. The summed E-state index contributed by atoms with van der Waals surface area (Å²) in [6.45, 7) is 1.56. The molecule has 0 spiro atoms. The van der Waals surface area contributed by atoms with Gasteiger partial charge in [-0.25, -0.2) is 9.48 Å². The Morgan fingerprint density at radius 2 is 2.00 bits per heavy atom. The maximum Gasteiger partial charge on any atom is 0.346 e. The molecule has 2 heterocycles. The Balaban J connectivity index is 2.50. The minimum Gasteiger partial charge on any atom is -0.347 e. The summed E-state index contributed by atoms with van der Waals surface area (Å²) in [5.41, 5.74) is -0.981. The zero-order valence-corrected chi connectivity index (χ0v) is 12.7. The Morgan fingerprint density at radius 1 is 1.33 bits per heavy atom. The number of carbonyl (C=O) groups is 1. The van der Waals surface area contributed by atoms with Crippen molar-refractivity contribution in [3.05, 3.63) is 20.8 Å². The van der Waals surface area contributed by atoms with Gasteiger partial charge in [-0.15, -0.1) is 5.10 Å². The summed E-state index contributed by atoms with van der Waals surface area (Å²) in [7, 11) is 6.22. The first kappa shape index (κ1) is 15.2. The Hall–Kier alpha value is -2.16. The van der Waals surface area contributed by atoms with Crippen LogP contribution in [0.5, 0.6) is 0 Å². The van der Waals surface area contributed by atoms with Crippen LogP contribution in [-0.4, -0.2) is 64.9 Å². The number of aromatic nitrogens is 3. The third kappa shape index (κ3) is 2.68. The van der Waals surface area contributed by atoms with E-state index in [-0.39, 0.29) is 11.7 Å². The summed E-state index contributed by atoms with van der Waals surface area (Å²) >= 11 is 0. The first-order valence-corrected chi connectivity index (χ1v) is 6.67. The van der Waals surface area contributed by atoms with E-state index < -0.39 is 17.3 Å². The second kappa shape index (κ2) is 5.68. The molecule has 1 atom stereocenters. The summed E-state index contributed by atoms with van der Waals surface area (Å²) in [6, 6.07) is -0.508. The molecule has 116 valence electrons. The van der Waals surface area contributed by atoms with Gasteiger partial charge in [-0.3, -0.25) is 14.2 Å². The number of likely N-dealkylation sites (N-methyl/N-ethyl adjacent to an activating group) is 1. The fourth-order valence-corrected chi connectivity index (χ4v) is 2.34. The molecule has 1 aliphatic heterocycles. The van der Waals surface area contributed by atoms with Crippen LogP contribution in [0.15, 0.2) is 9.59 Å². The van der Waals surface area contributed by atoms with E-state index in [0.29, 0.717) is 19.6 Å². The monoisotopic (exact) mass is 296 g/mol. The molecule has 0 aliphatic carbocycles. The number of nitrogens with zero attached hydrogens (tertiary/aromatic N) is 5. The molecule has 9 nitrogen and oxygen atoms in total. The molecule has 1 aromatic rings. The minimum absolute atomic E-state index is 0.111. The van der Waals surface area contributed by atoms with E-state index in [4.69, 9.17) is 0 Å². The average molecular weight is 296 g/mol. The lowest BCUT2D eigenvalue weighted by Crippen LogP contribution is -2.60. The van der Waals surface area contributed by atoms with Gasteiger partial charge in [-0.2, -0.15) is 0 Å². The maximum atomic E-state index is 12.3. The summed E-state index contributed by atoms with van der Waals surface area (Å²) in [5, 5.41) is 7.18. The van der Waals surface area contributed by atoms with Gasteiger partial charge in [0.25, 0.3) is 5.56 Å². The van der Waals surface area contributed by atoms with Crippen LogP contribution >= 0.6 is 0 Å². The molecular weight excluding hydrogens is 276 g/mol. The summed E-state index contributed by atoms with van der Waals surface area (Å²) in [5.74, 6) is 0.0150. The molecular formula is C12H20N6O3. The second-order valence-corrected chi connectivity index (χ2v) is 5.24. The standard InChI is InChI=1S/C12H20N6O3/c1-15(2)10(19)8-7-13-5-6-18(8)9-11(20)16(3)12(21)17(4)14-9/h8,13H,5-7H2,1-4H3. The van der Waals surface area contributed by atoms with Crippen molar-refractivity contribution in [2.45, 2.75) is 6.04 Å². The van der Waals surface area contributed by atoms with Crippen molar-refractivity contribution in [3.63, 3.8) is 0 Å². The normalized spacial score (nSPS) is 18.7. The lowest BCUT2D eigenvalue weighted by atomic mass is 10.1. The highest BCUT2D eigenvalue weighted by molar-refractivity contribution is 5.85. The molecule has 9 heteroatoms. The molecule has 21 heavy (non-hydrogen) atoms. The quantitative estimate of drug-likeness (QED) is 0.641. The number of carbonyl (C=O) groups excluding carboxylic acids is 1. The van der Waals surface area contributed by atoms with Crippen molar-refractivity contribution in [3.8, 4) is 0 Å². The van der Waals surface area contributed by atoms with Gasteiger partial charge in [-0.05, 0) is 0 Å². The van der Waals surface area contributed by atoms with Gasteiger partial charge in [0.2, 0.25) is 11.7 Å². The van der Waals surface area contributed by atoms with E-state index in [2.05, 4.69) is 10.4 Å². The second-order valence-electron chi connectivity index (χ2n) is 5.24. The Kier molecular flexibility index (Phi) is 4.12. The molecule has 0 bridgehead atoms. The molecule has 0 radical (unpaired) electrons. The van der Waals surface area contributed by atoms with Crippen molar-refractivity contribution < 1.29 is 4.79 Å². The van der Waals surface area contributed by atoms with Crippen LogP contribution in [0.1, 0.15) is 0 Å². The molecule has 1 aromatic heterocycles. The van der Waals surface area contributed by atoms with Gasteiger partial charge >= 0.3 is 5.69 Å². The number of anilines is 1. The highest BCUT2D eigenvalue weighted by Crippen LogP contribution is 2.12. The lowest BCUT2D eigenvalue weighted by molar-refractivity contribution is -0.130. The fraction of sp³-hybridized carbons (Fsp3) is 0.667. The summed E-state index contributed by atoms with van der Waals surface area (Å²) < 4.78 is 2.11. The molecule has 1 aliphatic rings. The van der Waals surface area contributed by atoms with Crippen LogP contribution in [-0.2, 0) is 18.9 Å². The molecule has 1 N–H and O–H groups in total. The molecule has 1 amide bonds. The van der Waals surface area contributed by atoms with Crippen molar-refractivity contribution >= 4 is 11.7 Å². The lowest BCUT2D eigenvalue weighted by Gasteiger charge is -2.36. The van der Waals surface area contributed by atoms with Crippen molar-refractivity contribution in [1.29, 1.82) is 0 Å². The van der Waals surface area contributed by atoms with E-state index in [0.717, 1.165) is 9.25 Å². The third-order valence-electron chi connectivity index (χ3n) is 3.55. The molecule has 1 saturated heterocycles. The van der Waals surface area contributed by atoms with Crippen LogP contribution in [0.25, 0.3) is 0 Å². The largest absolute Gasteiger partial charge is 0.347 e. The molecule has 0 saturated carbocycles. The number of amides is 1. The first-order chi connectivity index (χ1) is 9.84. The topological polar surface area (TPSA) is 92.5 Å². The van der Waals surface area contributed by atoms with Crippen LogP contribution in [0.3, 0.4) is 0 Å². The van der Waals surface area contributed by atoms with Crippen LogP contribution in [0.2, 0.25) is 0 Å². The minimum atomic E-state index is -0.508. The van der Waals surface area contributed by atoms with Gasteiger partial charge in [0.1, 0.15) is 6.04 Å². The van der Waals surface area contributed by atoms with Gasteiger partial charge in [0.05, 0.1) is 0 Å². The zero-order chi connectivity index (χ0) is 15.7. The summed E-state index contributed by atoms with van der Waals surface area (Å²) in [4.78, 5) is 39.4. The van der Waals surface area contributed by atoms with Crippen molar-refractivity contribution in [2.75, 3.05) is 38.6 Å². The third-order valence-corrected chi connectivity index (χ3v) is 3.55. The number of piperazine rings is 1. The number of hydrogen-bond donors (Lipinski definition) is 1. The van der Waals surface area contributed by atoms with E-state index in [9.17, 15) is 14.4 Å². The highest BCUT2D eigenvalue weighted by atomic mass is 16.2. The van der Waals surface area contributed by atoms with E-state index in [1.807, 2.05) is 0 Å². The molecule has 1 fully saturated rings. The Bertz CT molecular complexity index is 662. The number of rotatable bonds is 2. The SMILES string of the molecule is CN(C)C(=O)C1CNCCN1c1nn(C)c(=O)n(C)c1=O. The van der Waals surface area contributed by atoms with Gasteiger partial charge in [-0.1, -0.05) is 0 Å². The van der Waals surface area contributed by atoms with E-state index >= 15 is 0 Å². The zero-order valence-electron chi connectivity index (χ0n) is 12.7. The van der Waals surface area contributed by atoms with Gasteiger partial charge < -0.3 is 15.1 Å². The number of aryl methyl sites for hydroxylation is 1. The summed E-state index contributed by atoms with van der Waals surface area (Å²) in [6.07, 6.45) is 0. The average Bonchev–Trinajstić information content (AvgIpc) is 2.48. The van der Waals surface area contributed by atoms with E-state index in [1.54, 1.807) is 19.0 Å². The van der Waals surface area contributed by atoms with E-state index in [1.165, 1.54) is 19.0 Å². The number of hydrogen-bond acceptors (Lipinski definition) is 6. The maximum absolute atomic E-state index is 12.3. The first-order valence-electron chi connectivity index (χ1n) is 6.67. The smallest absolute Gasteiger partial charge is 0.346 e. The predicted molar refractivity (Wildman–Crippen MR) is 77.4 cm³/mol. The molecule has 1 unspecified atom stereocenters. The van der Waals surface area contributed by atoms with Crippen molar-refractivity contribution in [2.24, 2.45) is 14.1 Å². The van der Waals surface area contributed by atoms with Crippen LogP contribution in [0, 0.1) is 0 Å². The highest BCUT2D eigenvalue weighted by Gasteiger charge is 2.32. The van der Waals surface area contributed by atoms with Crippen LogP contribution < -0.4 is 21.5 Å². The predicted octanol–water partition coefficient (Wildman–Crippen LogP) is -2.65. The molecule has 0 aromatic carbocycles. The number of nitrogens with one attached hydrogen (secondary N) is 1. The molecule has 2 rings (SSSR count). The Labute approximate surface area is 121 Å². The van der Waals surface area contributed by atoms with Crippen LogP contribution in [0.4, 0.5) is 5.82 Å².